The Balaban J connectivity index is 1.93. The monoisotopic (exact) mass is 246 g/mol. The zero-order valence-electron chi connectivity index (χ0n) is 11.1. The molecule has 0 bridgehead atoms. The number of ketones is 1. The fourth-order valence-electron chi connectivity index (χ4n) is 2.54. The predicted molar refractivity (Wildman–Crippen MR) is 74.6 cm³/mol. The molecule has 1 heterocycles. The van der Waals surface area contributed by atoms with E-state index in [0.717, 1.165) is 25.2 Å². The summed E-state index contributed by atoms with van der Waals surface area (Å²) >= 11 is 0. The Bertz CT molecular complexity index is 393. The number of nitrogen functional groups attached to an aromatic ring is 1. The molecule has 0 spiro atoms. The van der Waals surface area contributed by atoms with Crippen LogP contribution in [0.15, 0.2) is 24.3 Å². The molecule has 1 aromatic rings. The number of rotatable bonds is 4. The van der Waals surface area contributed by atoms with E-state index in [9.17, 15) is 4.79 Å². The van der Waals surface area contributed by atoms with E-state index in [-0.39, 0.29) is 11.7 Å². The Labute approximate surface area is 109 Å². The summed E-state index contributed by atoms with van der Waals surface area (Å²) < 4.78 is 0. The van der Waals surface area contributed by atoms with Gasteiger partial charge in [0.1, 0.15) is 0 Å². The smallest absolute Gasteiger partial charge is 0.166 e. The molecule has 2 rings (SSSR count). The van der Waals surface area contributed by atoms with Crippen molar-refractivity contribution in [3.63, 3.8) is 0 Å². The number of anilines is 1. The van der Waals surface area contributed by atoms with Crippen molar-refractivity contribution >= 4 is 11.5 Å². The molecule has 1 atom stereocenters. The minimum atomic E-state index is 0.0618. The van der Waals surface area contributed by atoms with Crippen LogP contribution in [0.4, 0.5) is 5.69 Å². The van der Waals surface area contributed by atoms with Gasteiger partial charge < -0.3 is 10.6 Å². The van der Waals surface area contributed by atoms with Crippen LogP contribution in [0.1, 0.15) is 36.5 Å². The molecule has 1 unspecified atom stereocenters. The van der Waals surface area contributed by atoms with Crippen LogP contribution in [0.2, 0.25) is 0 Å². The zero-order chi connectivity index (χ0) is 13.0. The number of nitrogens with two attached hydrogens (primary N) is 1. The summed E-state index contributed by atoms with van der Waals surface area (Å²) in [5.41, 5.74) is 7.11. The number of carbonyl (C=O) groups is 1. The molecule has 18 heavy (non-hydrogen) atoms. The normalized spacial score (nSPS) is 18.5. The first-order chi connectivity index (χ1) is 8.66. The van der Waals surface area contributed by atoms with Gasteiger partial charge in [-0.3, -0.25) is 4.79 Å². The third-order valence-electron chi connectivity index (χ3n) is 3.62. The molecule has 0 amide bonds. The third kappa shape index (κ3) is 3.33. The second-order valence-electron chi connectivity index (χ2n) is 5.25. The van der Waals surface area contributed by atoms with Gasteiger partial charge in [-0.1, -0.05) is 13.3 Å². The molecule has 3 nitrogen and oxygen atoms in total. The third-order valence-corrected chi connectivity index (χ3v) is 3.62. The summed E-state index contributed by atoms with van der Waals surface area (Å²) in [6.07, 6.45) is 3.86. The van der Waals surface area contributed by atoms with Gasteiger partial charge in [0.25, 0.3) is 0 Å². The SMILES string of the molecule is CC(CN1CCCCC1)C(=O)c1ccc(N)cc1. The highest BCUT2D eigenvalue weighted by molar-refractivity contribution is 5.98. The Morgan fingerprint density at radius 1 is 1.22 bits per heavy atom. The Morgan fingerprint density at radius 3 is 2.44 bits per heavy atom. The zero-order valence-corrected chi connectivity index (χ0v) is 11.1. The van der Waals surface area contributed by atoms with Gasteiger partial charge in [0.05, 0.1) is 0 Å². The highest BCUT2D eigenvalue weighted by atomic mass is 16.1. The number of carbonyl (C=O) groups excluding carboxylic acids is 1. The average molecular weight is 246 g/mol. The van der Waals surface area contributed by atoms with Gasteiger partial charge in [-0.2, -0.15) is 0 Å². The van der Waals surface area contributed by atoms with Gasteiger partial charge in [-0.25, -0.2) is 0 Å². The highest BCUT2D eigenvalue weighted by Crippen LogP contribution is 2.15. The number of nitrogens with zero attached hydrogens (tertiary/aromatic N) is 1. The second-order valence-corrected chi connectivity index (χ2v) is 5.25. The number of hydrogen-bond donors (Lipinski definition) is 1. The lowest BCUT2D eigenvalue weighted by molar-refractivity contribution is 0.0883. The van der Waals surface area contributed by atoms with Gasteiger partial charge >= 0.3 is 0 Å². The van der Waals surface area contributed by atoms with E-state index in [1.54, 1.807) is 12.1 Å². The molecule has 0 radical (unpaired) electrons. The molecule has 1 fully saturated rings. The van der Waals surface area contributed by atoms with Gasteiger partial charge in [0.2, 0.25) is 0 Å². The molecule has 0 aliphatic carbocycles. The summed E-state index contributed by atoms with van der Waals surface area (Å²) in [7, 11) is 0. The lowest BCUT2D eigenvalue weighted by atomic mass is 9.97. The minimum absolute atomic E-state index is 0.0618. The lowest BCUT2D eigenvalue weighted by Gasteiger charge is -2.28. The number of benzene rings is 1. The number of piperidine rings is 1. The fourth-order valence-corrected chi connectivity index (χ4v) is 2.54. The van der Waals surface area contributed by atoms with Crippen LogP contribution in [-0.2, 0) is 0 Å². The maximum atomic E-state index is 12.3. The number of likely N-dealkylation sites (tertiary alicyclic amines) is 1. The minimum Gasteiger partial charge on any atom is -0.399 e. The second kappa shape index (κ2) is 6.01. The Kier molecular flexibility index (Phi) is 4.37. The maximum Gasteiger partial charge on any atom is 0.166 e. The van der Waals surface area contributed by atoms with Crippen molar-refractivity contribution in [2.45, 2.75) is 26.2 Å². The number of Topliss-reactive ketones (excluding diaryl/α,β-unsaturated/α-hetero) is 1. The van der Waals surface area contributed by atoms with Crippen molar-refractivity contribution in [2.24, 2.45) is 5.92 Å². The molecule has 98 valence electrons. The van der Waals surface area contributed by atoms with Crippen molar-refractivity contribution < 1.29 is 4.79 Å². The standard InChI is InChI=1S/C15H22N2O/c1-12(11-17-9-3-2-4-10-17)15(18)13-5-7-14(16)8-6-13/h5-8,12H,2-4,9-11,16H2,1H3. The molecule has 0 saturated carbocycles. The highest BCUT2D eigenvalue weighted by Gasteiger charge is 2.19. The van der Waals surface area contributed by atoms with Gasteiger partial charge in [0, 0.05) is 23.7 Å². The van der Waals surface area contributed by atoms with E-state index in [1.165, 1.54) is 19.3 Å². The van der Waals surface area contributed by atoms with Crippen LogP contribution in [-0.4, -0.2) is 30.3 Å². The van der Waals surface area contributed by atoms with E-state index in [2.05, 4.69) is 4.90 Å². The summed E-state index contributed by atoms with van der Waals surface area (Å²) in [6.45, 7) is 5.18. The lowest BCUT2D eigenvalue weighted by Crippen LogP contribution is -2.35. The molecular formula is C15H22N2O. The fraction of sp³-hybridized carbons (Fsp3) is 0.533. The van der Waals surface area contributed by atoms with Crippen molar-refractivity contribution in [2.75, 3.05) is 25.4 Å². The van der Waals surface area contributed by atoms with Crippen LogP contribution in [0, 0.1) is 5.92 Å². The van der Waals surface area contributed by atoms with Crippen LogP contribution < -0.4 is 5.73 Å². The van der Waals surface area contributed by atoms with Crippen LogP contribution in [0.5, 0.6) is 0 Å². The van der Waals surface area contributed by atoms with Crippen LogP contribution in [0.25, 0.3) is 0 Å². The van der Waals surface area contributed by atoms with E-state index in [0.29, 0.717) is 5.69 Å². The first-order valence-corrected chi connectivity index (χ1v) is 6.79. The molecule has 3 heteroatoms. The molecule has 1 saturated heterocycles. The number of hydrogen-bond acceptors (Lipinski definition) is 3. The summed E-state index contributed by atoms with van der Waals surface area (Å²) in [5.74, 6) is 0.285. The van der Waals surface area contributed by atoms with Crippen molar-refractivity contribution in [1.29, 1.82) is 0 Å². The summed E-state index contributed by atoms with van der Waals surface area (Å²) in [4.78, 5) is 14.7. The summed E-state index contributed by atoms with van der Waals surface area (Å²) in [5, 5.41) is 0. The average Bonchev–Trinajstić information content (AvgIpc) is 2.40. The van der Waals surface area contributed by atoms with Crippen molar-refractivity contribution in [1.82, 2.24) is 4.90 Å². The molecule has 1 aromatic carbocycles. The summed E-state index contributed by atoms with van der Waals surface area (Å²) in [6, 6.07) is 7.23. The van der Waals surface area contributed by atoms with Gasteiger partial charge in [-0.15, -0.1) is 0 Å². The maximum absolute atomic E-state index is 12.3. The van der Waals surface area contributed by atoms with Gasteiger partial charge in [-0.05, 0) is 50.2 Å². The van der Waals surface area contributed by atoms with E-state index in [1.807, 2.05) is 19.1 Å². The Hall–Kier alpha value is -1.35. The first-order valence-electron chi connectivity index (χ1n) is 6.79. The molecule has 1 aliphatic heterocycles. The van der Waals surface area contributed by atoms with Crippen molar-refractivity contribution in [3.05, 3.63) is 29.8 Å². The van der Waals surface area contributed by atoms with Crippen molar-refractivity contribution in [3.8, 4) is 0 Å². The molecule has 0 aromatic heterocycles. The van der Waals surface area contributed by atoms with E-state index in [4.69, 9.17) is 5.73 Å². The van der Waals surface area contributed by atoms with Gasteiger partial charge in [0.15, 0.2) is 5.78 Å². The molecular weight excluding hydrogens is 224 g/mol. The van der Waals surface area contributed by atoms with Crippen LogP contribution in [0.3, 0.4) is 0 Å². The quantitative estimate of drug-likeness (QED) is 0.656. The first kappa shape index (κ1) is 13.1. The molecule has 1 aliphatic rings. The Morgan fingerprint density at radius 2 is 1.83 bits per heavy atom. The van der Waals surface area contributed by atoms with E-state index < -0.39 is 0 Å². The topological polar surface area (TPSA) is 46.3 Å². The van der Waals surface area contributed by atoms with Crippen LogP contribution >= 0.6 is 0 Å². The predicted octanol–water partition coefficient (Wildman–Crippen LogP) is 2.57. The van der Waals surface area contributed by atoms with E-state index >= 15 is 0 Å². The molecule has 2 N–H and O–H groups in total. The largest absolute Gasteiger partial charge is 0.399 e.